The summed E-state index contributed by atoms with van der Waals surface area (Å²) in [5, 5.41) is 10.7. The Morgan fingerprint density at radius 1 is 1.24 bits per heavy atom. The van der Waals surface area contributed by atoms with E-state index in [0.29, 0.717) is 5.75 Å². The molecule has 0 fully saturated rings. The lowest BCUT2D eigenvalue weighted by Gasteiger charge is -2.14. The van der Waals surface area contributed by atoms with Gasteiger partial charge in [-0.15, -0.1) is 0 Å². The molecule has 2 N–H and O–H groups in total. The smallest absolute Gasteiger partial charge is 0.116 e. The number of aryl methyl sites for hydroxylation is 1. The summed E-state index contributed by atoms with van der Waals surface area (Å²) in [6.07, 6.45) is 4.33. The normalized spacial score (nSPS) is 13.4. The van der Waals surface area contributed by atoms with Crippen molar-refractivity contribution in [2.24, 2.45) is 11.8 Å². The summed E-state index contributed by atoms with van der Waals surface area (Å²) in [5.41, 5.74) is 2.42. The van der Waals surface area contributed by atoms with Crippen molar-refractivity contribution < 1.29 is 5.11 Å². The van der Waals surface area contributed by atoms with Crippen molar-refractivity contribution in [1.29, 1.82) is 0 Å². The Labute approximate surface area is 103 Å². The third-order valence-corrected chi connectivity index (χ3v) is 3.76. The van der Waals surface area contributed by atoms with E-state index in [2.05, 4.69) is 32.0 Å². The van der Waals surface area contributed by atoms with Crippen LogP contribution in [0.25, 0.3) is 10.9 Å². The van der Waals surface area contributed by atoms with E-state index < -0.39 is 0 Å². The van der Waals surface area contributed by atoms with E-state index >= 15 is 0 Å². The number of aromatic amines is 1. The van der Waals surface area contributed by atoms with Crippen LogP contribution >= 0.6 is 0 Å². The molecule has 92 valence electrons. The van der Waals surface area contributed by atoms with Crippen LogP contribution in [0.5, 0.6) is 5.75 Å². The minimum atomic E-state index is 0.343. The Morgan fingerprint density at radius 2 is 2.00 bits per heavy atom. The van der Waals surface area contributed by atoms with Crippen LogP contribution in [0.3, 0.4) is 0 Å². The molecule has 1 aromatic heterocycles. The maximum atomic E-state index is 9.52. The van der Waals surface area contributed by atoms with E-state index in [1.807, 2.05) is 12.1 Å². The standard InChI is InChI=1S/C15H21NO/c1-10(2)11(3)4-5-12-9-16-15-7-6-13(17)8-14(12)15/h6-11,16-17H,4-5H2,1-3H3. The number of rotatable bonds is 4. The van der Waals surface area contributed by atoms with E-state index in [1.165, 1.54) is 12.0 Å². The van der Waals surface area contributed by atoms with Gasteiger partial charge in [0.15, 0.2) is 0 Å². The van der Waals surface area contributed by atoms with Gasteiger partial charge in [-0.3, -0.25) is 0 Å². The molecule has 2 rings (SSSR count). The van der Waals surface area contributed by atoms with Gasteiger partial charge in [0, 0.05) is 17.1 Å². The minimum absolute atomic E-state index is 0.343. The average molecular weight is 231 g/mol. The lowest BCUT2D eigenvalue weighted by atomic mass is 9.91. The highest BCUT2D eigenvalue weighted by molar-refractivity contribution is 5.84. The van der Waals surface area contributed by atoms with Crippen molar-refractivity contribution in [3.8, 4) is 5.75 Å². The fourth-order valence-corrected chi connectivity index (χ4v) is 2.09. The predicted molar refractivity (Wildman–Crippen MR) is 72.3 cm³/mol. The summed E-state index contributed by atoms with van der Waals surface area (Å²) in [6.45, 7) is 6.84. The molecule has 1 atom stereocenters. The molecule has 0 amide bonds. The maximum Gasteiger partial charge on any atom is 0.116 e. The molecule has 1 aromatic carbocycles. The summed E-state index contributed by atoms with van der Waals surface area (Å²) in [5.74, 6) is 1.81. The second-order valence-corrected chi connectivity index (χ2v) is 5.30. The van der Waals surface area contributed by atoms with Crippen molar-refractivity contribution in [2.45, 2.75) is 33.6 Å². The van der Waals surface area contributed by atoms with Crippen LogP contribution in [-0.2, 0) is 6.42 Å². The molecule has 0 saturated heterocycles. The molecule has 1 unspecified atom stereocenters. The Morgan fingerprint density at radius 3 is 2.71 bits per heavy atom. The Bertz CT molecular complexity index is 499. The maximum absolute atomic E-state index is 9.52. The Hall–Kier alpha value is -1.44. The number of fused-ring (bicyclic) bond motifs is 1. The second kappa shape index (κ2) is 4.82. The van der Waals surface area contributed by atoms with E-state index in [1.54, 1.807) is 6.07 Å². The molecule has 0 spiro atoms. The molecule has 17 heavy (non-hydrogen) atoms. The first-order valence-corrected chi connectivity index (χ1v) is 6.37. The highest BCUT2D eigenvalue weighted by Gasteiger charge is 2.09. The largest absolute Gasteiger partial charge is 0.508 e. The van der Waals surface area contributed by atoms with E-state index in [-0.39, 0.29) is 0 Å². The van der Waals surface area contributed by atoms with Gasteiger partial charge in [0.1, 0.15) is 5.75 Å². The van der Waals surface area contributed by atoms with Crippen LogP contribution in [0.1, 0.15) is 32.8 Å². The third-order valence-electron chi connectivity index (χ3n) is 3.76. The van der Waals surface area contributed by atoms with Crippen molar-refractivity contribution in [1.82, 2.24) is 4.98 Å². The average Bonchev–Trinajstić information content (AvgIpc) is 2.68. The van der Waals surface area contributed by atoms with Gasteiger partial charge >= 0.3 is 0 Å². The fraction of sp³-hybridized carbons (Fsp3) is 0.467. The number of phenols is 1. The first-order chi connectivity index (χ1) is 8.08. The Kier molecular flexibility index (Phi) is 3.41. The third kappa shape index (κ3) is 2.63. The van der Waals surface area contributed by atoms with Gasteiger partial charge in [0.2, 0.25) is 0 Å². The number of phenolic OH excluding ortho intramolecular Hbond substituents is 1. The molecule has 2 heteroatoms. The highest BCUT2D eigenvalue weighted by Crippen LogP contribution is 2.25. The summed E-state index contributed by atoms with van der Waals surface area (Å²) in [4.78, 5) is 3.26. The van der Waals surface area contributed by atoms with Gasteiger partial charge in [0.25, 0.3) is 0 Å². The van der Waals surface area contributed by atoms with Crippen molar-refractivity contribution in [3.63, 3.8) is 0 Å². The zero-order valence-electron chi connectivity index (χ0n) is 10.8. The summed E-state index contributed by atoms with van der Waals surface area (Å²) in [7, 11) is 0. The van der Waals surface area contributed by atoms with Crippen molar-refractivity contribution in [3.05, 3.63) is 30.0 Å². The predicted octanol–water partition coefficient (Wildman–Crippen LogP) is 4.10. The summed E-state index contributed by atoms with van der Waals surface area (Å²) >= 11 is 0. The van der Waals surface area contributed by atoms with Gasteiger partial charge in [-0.2, -0.15) is 0 Å². The van der Waals surface area contributed by atoms with E-state index in [9.17, 15) is 5.11 Å². The molecular weight excluding hydrogens is 210 g/mol. The van der Waals surface area contributed by atoms with Crippen LogP contribution in [0.4, 0.5) is 0 Å². The fourth-order valence-electron chi connectivity index (χ4n) is 2.09. The summed E-state index contributed by atoms with van der Waals surface area (Å²) in [6, 6.07) is 5.50. The van der Waals surface area contributed by atoms with Crippen LogP contribution < -0.4 is 0 Å². The van der Waals surface area contributed by atoms with Crippen LogP contribution in [0.2, 0.25) is 0 Å². The second-order valence-electron chi connectivity index (χ2n) is 5.30. The molecule has 1 heterocycles. The SMILES string of the molecule is CC(C)C(C)CCc1c[nH]c2ccc(O)cc12. The number of benzene rings is 1. The number of H-pyrrole nitrogens is 1. The number of nitrogens with one attached hydrogen (secondary N) is 1. The van der Waals surface area contributed by atoms with Crippen molar-refractivity contribution in [2.75, 3.05) is 0 Å². The topological polar surface area (TPSA) is 36.0 Å². The first kappa shape index (κ1) is 12.0. The molecule has 2 nitrogen and oxygen atoms in total. The van der Waals surface area contributed by atoms with E-state index in [4.69, 9.17) is 0 Å². The van der Waals surface area contributed by atoms with E-state index in [0.717, 1.165) is 29.2 Å². The molecule has 0 bridgehead atoms. The van der Waals surface area contributed by atoms with Gasteiger partial charge < -0.3 is 10.1 Å². The lowest BCUT2D eigenvalue weighted by molar-refractivity contribution is 0.393. The summed E-state index contributed by atoms with van der Waals surface area (Å²) < 4.78 is 0. The zero-order valence-corrected chi connectivity index (χ0v) is 10.8. The Balaban J connectivity index is 2.16. The number of hydrogen-bond donors (Lipinski definition) is 2. The van der Waals surface area contributed by atoms with Crippen LogP contribution in [0.15, 0.2) is 24.4 Å². The van der Waals surface area contributed by atoms with Crippen molar-refractivity contribution >= 4 is 10.9 Å². The quantitative estimate of drug-likeness (QED) is 0.816. The monoisotopic (exact) mass is 231 g/mol. The number of hydrogen-bond acceptors (Lipinski definition) is 1. The zero-order chi connectivity index (χ0) is 12.4. The van der Waals surface area contributed by atoms with Crippen LogP contribution in [-0.4, -0.2) is 10.1 Å². The highest BCUT2D eigenvalue weighted by atomic mass is 16.3. The van der Waals surface area contributed by atoms with Gasteiger partial charge in [0.05, 0.1) is 0 Å². The number of aromatic nitrogens is 1. The number of aromatic hydroxyl groups is 1. The molecule has 0 aliphatic heterocycles. The molecular formula is C15H21NO. The van der Waals surface area contributed by atoms with Gasteiger partial charge in [-0.1, -0.05) is 20.8 Å². The van der Waals surface area contributed by atoms with Crippen LogP contribution in [0, 0.1) is 11.8 Å². The van der Waals surface area contributed by atoms with Gasteiger partial charge in [-0.25, -0.2) is 0 Å². The molecule has 0 aliphatic rings. The van der Waals surface area contributed by atoms with Gasteiger partial charge in [-0.05, 0) is 48.4 Å². The minimum Gasteiger partial charge on any atom is -0.508 e. The molecule has 0 saturated carbocycles. The molecule has 2 aromatic rings. The molecule has 0 radical (unpaired) electrons. The molecule has 0 aliphatic carbocycles. The first-order valence-electron chi connectivity index (χ1n) is 6.37. The lowest BCUT2D eigenvalue weighted by Crippen LogP contribution is -2.04.